The number of anilines is 1. The first-order valence-electron chi connectivity index (χ1n) is 7.45. The molecular weight excluding hydrogens is 298 g/mol. The number of hydrogen-bond donors (Lipinski definition) is 0. The normalized spacial score (nSPS) is 15.0. The highest BCUT2D eigenvalue weighted by atomic mass is 32.2. The highest BCUT2D eigenvalue weighted by Crippen LogP contribution is 2.34. The number of hydrogen-bond acceptors (Lipinski definition) is 3. The number of nitrogens with zero attached hydrogens (tertiary/aromatic N) is 3. The lowest BCUT2D eigenvalue weighted by molar-refractivity contribution is 0.585. The van der Waals surface area contributed by atoms with Crippen LogP contribution >= 0.6 is 0 Å². The molecule has 0 unspecified atom stereocenters. The second-order valence-electron chi connectivity index (χ2n) is 5.94. The van der Waals surface area contributed by atoms with E-state index >= 15 is 0 Å². The highest BCUT2D eigenvalue weighted by Gasteiger charge is 2.33. The van der Waals surface area contributed by atoms with Gasteiger partial charge in [-0.15, -0.1) is 0 Å². The molecular formula is C16H21N3O2S. The van der Waals surface area contributed by atoms with Crippen LogP contribution in [0.3, 0.4) is 0 Å². The maximum atomic E-state index is 13.2. The molecule has 1 aromatic heterocycles. The van der Waals surface area contributed by atoms with Crippen LogP contribution in [0.15, 0.2) is 23.1 Å². The number of sulfonamides is 1. The molecule has 0 saturated carbocycles. The molecule has 3 rings (SSSR count). The van der Waals surface area contributed by atoms with Crippen LogP contribution in [-0.2, 0) is 23.5 Å². The first kappa shape index (κ1) is 15.1. The first-order chi connectivity index (χ1) is 10.3. The Morgan fingerprint density at radius 2 is 1.91 bits per heavy atom. The molecule has 2 heterocycles. The third-order valence-electron chi connectivity index (χ3n) is 4.31. The van der Waals surface area contributed by atoms with E-state index in [0.717, 1.165) is 29.7 Å². The second kappa shape index (κ2) is 5.12. The summed E-state index contributed by atoms with van der Waals surface area (Å²) in [6.07, 6.45) is 1.76. The smallest absolute Gasteiger partial charge is 0.268 e. The van der Waals surface area contributed by atoms with E-state index in [1.165, 1.54) is 0 Å². The lowest BCUT2D eigenvalue weighted by Crippen LogP contribution is -2.36. The van der Waals surface area contributed by atoms with E-state index in [4.69, 9.17) is 0 Å². The average molecular weight is 319 g/mol. The highest BCUT2D eigenvalue weighted by molar-refractivity contribution is 7.93. The van der Waals surface area contributed by atoms with Crippen LogP contribution in [0.1, 0.15) is 28.9 Å². The molecule has 0 atom stereocenters. The van der Waals surface area contributed by atoms with Gasteiger partial charge in [0, 0.05) is 13.6 Å². The Morgan fingerprint density at radius 1 is 1.18 bits per heavy atom. The zero-order valence-corrected chi connectivity index (χ0v) is 14.2. The third kappa shape index (κ3) is 2.22. The minimum atomic E-state index is -3.58. The summed E-state index contributed by atoms with van der Waals surface area (Å²) in [6.45, 7) is 6.06. The minimum absolute atomic E-state index is 0.337. The van der Waals surface area contributed by atoms with Crippen molar-refractivity contribution in [2.24, 2.45) is 7.05 Å². The van der Waals surface area contributed by atoms with Gasteiger partial charge in [-0.2, -0.15) is 5.10 Å². The molecule has 5 nitrogen and oxygen atoms in total. The fraction of sp³-hybridized carbons (Fsp3) is 0.438. The van der Waals surface area contributed by atoms with Crippen LogP contribution in [0, 0.1) is 20.8 Å². The molecule has 1 aliphatic heterocycles. The van der Waals surface area contributed by atoms with Gasteiger partial charge < -0.3 is 0 Å². The molecule has 0 spiro atoms. The number of benzene rings is 1. The summed E-state index contributed by atoms with van der Waals surface area (Å²) in [5, 5.41) is 4.26. The van der Waals surface area contributed by atoms with Gasteiger partial charge in [0.25, 0.3) is 10.0 Å². The summed E-state index contributed by atoms with van der Waals surface area (Å²) in [6, 6.07) is 6.04. The Bertz CT molecular complexity index is 837. The van der Waals surface area contributed by atoms with E-state index < -0.39 is 10.0 Å². The Labute approximate surface area is 131 Å². The Balaban J connectivity index is 2.18. The van der Waals surface area contributed by atoms with Crippen LogP contribution < -0.4 is 4.31 Å². The molecule has 0 saturated heterocycles. The van der Waals surface area contributed by atoms with E-state index in [0.29, 0.717) is 22.8 Å². The fourth-order valence-electron chi connectivity index (χ4n) is 3.14. The molecule has 2 aromatic rings. The van der Waals surface area contributed by atoms with Gasteiger partial charge >= 0.3 is 0 Å². The largest absolute Gasteiger partial charge is 0.271 e. The van der Waals surface area contributed by atoms with Gasteiger partial charge in [0.05, 0.1) is 17.1 Å². The van der Waals surface area contributed by atoms with Gasteiger partial charge in [0.2, 0.25) is 0 Å². The lowest BCUT2D eigenvalue weighted by atomic mass is 10.0. The van der Waals surface area contributed by atoms with Crippen molar-refractivity contribution in [1.82, 2.24) is 9.78 Å². The number of fused-ring (bicyclic) bond motifs is 1. The van der Waals surface area contributed by atoms with Gasteiger partial charge in [-0.1, -0.05) is 12.1 Å². The third-order valence-corrected chi connectivity index (χ3v) is 6.37. The Kier molecular flexibility index (Phi) is 3.51. The number of rotatable bonds is 2. The van der Waals surface area contributed by atoms with Gasteiger partial charge in [-0.25, -0.2) is 8.42 Å². The molecule has 0 N–H and O–H groups in total. The summed E-state index contributed by atoms with van der Waals surface area (Å²) in [5.74, 6) is 0. The quantitative estimate of drug-likeness (QED) is 0.854. The molecule has 1 aliphatic rings. The van der Waals surface area contributed by atoms with E-state index in [9.17, 15) is 8.42 Å². The van der Waals surface area contributed by atoms with Gasteiger partial charge in [-0.3, -0.25) is 8.99 Å². The van der Waals surface area contributed by atoms with E-state index in [1.54, 1.807) is 29.9 Å². The van der Waals surface area contributed by atoms with Crippen molar-refractivity contribution in [3.63, 3.8) is 0 Å². The fourth-order valence-corrected chi connectivity index (χ4v) is 5.08. The zero-order valence-electron chi connectivity index (χ0n) is 13.4. The predicted octanol–water partition coefficient (Wildman–Crippen LogP) is 2.49. The van der Waals surface area contributed by atoms with Crippen molar-refractivity contribution in [3.05, 3.63) is 40.7 Å². The van der Waals surface area contributed by atoms with Crippen molar-refractivity contribution in [1.29, 1.82) is 0 Å². The average Bonchev–Trinajstić information content (AvgIpc) is 2.71. The van der Waals surface area contributed by atoms with Crippen molar-refractivity contribution in [2.45, 2.75) is 38.5 Å². The Hall–Kier alpha value is -1.82. The maximum absolute atomic E-state index is 13.2. The summed E-state index contributed by atoms with van der Waals surface area (Å²) in [4.78, 5) is 0.337. The summed E-state index contributed by atoms with van der Waals surface area (Å²) in [5.41, 5.74) is 4.21. The molecule has 6 heteroatoms. The van der Waals surface area contributed by atoms with Crippen LogP contribution in [0.4, 0.5) is 5.69 Å². The standard InChI is InChI=1S/C16H21N3O2S/c1-11-7-8-14-6-5-9-19(15(14)10-11)22(20,21)16-12(2)17-18(4)13(16)3/h7-8,10H,5-6,9H2,1-4H3. The summed E-state index contributed by atoms with van der Waals surface area (Å²) >= 11 is 0. The van der Waals surface area contributed by atoms with Crippen molar-refractivity contribution in [3.8, 4) is 0 Å². The van der Waals surface area contributed by atoms with Gasteiger partial charge in [0.15, 0.2) is 0 Å². The molecule has 0 amide bonds. The molecule has 0 fully saturated rings. The maximum Gasteiger partial charge on any atom is 0.268 e. The predicted molar refractivity (Wildman–Crippen MR) is 86.7 cm³/mol. The lowest BCUT2D eigenvalue weighted by Gasteiger charge is -2.31. The Morgan fingerprint density at radius 3 is 2.55 bits per heavy atom. The molecule has 0 bridgehead atoms. The molecule has 0 aliphatic carbocycles. The SMILES string of the molecule is Cc1ccc2c(c1)N(S(=O)(=O)c1c(C)nn(C)c1C)CCC2. The van der Waals surface area contributed by atoms with Crippen molar-refractivity contribution in [2.75, 3.05) is 10.8 Å². The zero-order chi connectivity index (χ0) is 16.1. The van der Waals surface area contributed by atoms with Crippen LogP contribution in [0.5, 0.6) is 0 Å². The molecule has 118 valence electrons. The van der Waals surface area contributed by atoms with Crippen molar-refractivity contribution >= 4 is 15.7 Å². The van der Waals surface area contributed by atoms with Crippen LogP contribution in [0.2, 0.25) is 0 Å². The molecule has 0 radical (unpaired) electrons. The van der Waals surface area contributed by atoms with E-state index in [1.807, 2.05) is 25.1 Å². The monoisotopic (exact) mass is 319 g/mol. The van der Waals surface area contributed by atoms with Crippen LogP contribution in [0.25, 0.3) is 0 Å². The topological polar surface area (TPSA) is 55.2 Å². The molecule has 1 aromatic carbocycles. The van der Waals surface area contributed by atoms with Gasteiger partial charge in [0.1, 0.15) is 4.90 Å². The van der Waals surface area contributed by atoms with Gasteiger partial charge in [-0.05, 0) is 50.8 Å². The van der Waals surface area contributed by atoms with E-state index in [2.05, 4.69) is 5.10 Å². The second-order valence-corrected chi connectivity index (χ2v) is 7.74. The number of aryl methyl sites for hydroxylation is 4. The summed E-state index contributed by atoms with van der Waals surface area (Å²) < 4.78 is 29.6. The van der Waals surface area contributed by atoms with E-state index in [-0.39, 0.29) is 0 Å². The number of aromatic nitrogens is 2. The molecule has 22 heavy (non-hydrogen) atoms. The summed E-state index contributed by atoms with van der Waals surface area (Å²) in [7, 11) is -1.81. The van der Waals surface area contributed by atoms with Crippen LogP contribution in [-0.4, -0.2) is 24.7 Å². The first-order valence-corrected chi connectivity index (χ1v) is 8.89. The van der Waals surface area contributed by atoms with Crippen molar-refractivity contribution < 1.29 is 8.42 Å². The minimum Gasteiger partial charge on any atom is -0.271 e.